The number of hydrogen-bond donors (Lipinski definition) is 1. The smallest absolute Gasteiger partial charge is 0.0311 e. The van der Waals surface area contributed by atoms with E-state index >= 15 is 0 Å². The second-order valence-electron chi connectivity index (χ2n) is 4.61. The molecule has 0 spiro atoms. The van der Waals surface area contributed by atoms with Gasteiger partial charge in [-0.15, -0.1) is 18.3 Å². The summed E-state index contributed by atoms with van der Waals surface area (Å²) in [6, 6.07) is 9.03. The maximum atomic E-state index is 3.79. The first kappa shape index (κ1) is 16.8. The fourth-order valence-corrected chi connectivity index (χ4v) is 3.53. The Hall–Kier alpha value is -0.250. The van der Waals surface area contributed by atoms with Gasteiger partial charge in [-0.1, -0.05) is 25.1 Å². The Kier molecular flexibility index (Phi) is 9.31. The standard InChI is InChI=1S/C16H24BrNS/c1-3-5-6-9-14(18-12-4-2)13-19-16-11-8-7-10-15(16)17/h3,7-8,10-11,14,18H,1,4-6,9,12-13H2,2H3. The predicted molar refractivity (Wildman–Crippen MR) is 91.0 cm³/mol. The summed E-state index contributed by atoms with van der Waals surface area (Å²) < 4.78 is 1.19. The van der Waals surface area contributed by atoms with Gasteiger partial charge in [-0.3, -0.25) is 0 Å². The lowest BCUT2D eigenvalue weighted by Gasteiger charge is -2.18. The number of rotatable bonds is 10. The molecule has 1 atom stereocenters. The van der Waals surface area contributed by atoms with E-state index in [1.807, 2.05) is 17.8 Å². The Morgan fingerprint density at radius 1 is 1.42 bits per heavy atom. The third-order valence-electron chi connectivity index (χ3n) is 2.92. The zero-order valence-electron chi connectivity index (χ0n) is 11.7. The number of unbranched alkanes of at least 4 members (excludes halogenated alkanes) is 1. The first-order chi connectivity index (χ1) is 9.27. The summed E-state index contributed by atoms with van der Waals surface area (Å²) in [5.74, 6) is 1.12. The molecule has 1 N–H and O–H groups in total. The van der Waals surface area contributed by atoms with Crippen LogP contribution < -0.4 is 5.32 Å². The first-order valence-corrected chi connectivity index (χ1v) is 8.77. The number of benzene rings is 1. The van der Waals surface area contributed by atoms with Gasteiger partial charge in [0.05, 0.1) is 0 Å². The van der Waals surface area contributed by atoms with Crippen molar-refractivity contribution < 1.29 is 0 Å². The van der Waals surface area contributed by atoms with E-state index in [4.69, 9.17) is 0 Å². The molecule has 0 aliphatic heterocycles. The van der Waals surface area contributed by atoms with E-state index in [0.29, 0.717) is 6.04 Å². The van der Waals surface area contributed by atoms with Gasteiger partial charge >= 0.3 is 0 Å². The number of thioether (sulfide) groups is 1. The second-order valence-corrected chi connectivity index (χ2v) is 6.53. The molecular formula is C16H24BrNS. The fourth-order valence-electron chi connectivity index (χ4n) is 1.85. The summed E-state index contributed by atoms with van der Waals surface area (Å²) in [6.07, 6.45) is 6.77. The molecule has 1 nitrogen and oxygen atoms in total. The van der Waals surface area contributed by atoms with Gasteiger partial charge in [0.1, 0.15) is 0 Å². The van der Waals surface area contributed by atoms with Gasteiger partial charge in [-0.05, 0) is 60.3 Å². The van der Waals surface area contributed by atoms with E-state index in [0.717, 1.165) is 18.7 Å². The third kappa shape index (κ3) is 7.19. The van der Waals surface area contributed by atoms with E-state index in [-0.39, 0.29) is 0 Å². The summed E-state index contributed by atoms with van der Waals surface area (Å²) >= 11 is 5.54. The van der Waals surface area contributed by atoms with Crippen LogP contribution in [-0.4, -0.2) is 18.3 Å². The Morgan fingerprint density at radius 2 is 2.21 bits per heavy atom. The first-order valence-electron chi connectivity index (χ1n) is 6.99. The molecular weight excluding hydrogens is 318 g/mol. The Labute approximate surface area is 130 Å². The van der Waals surface area contributed by atoms with Crippen LogP contribution >= 0.6 is 27.7 Å². The molecule has 1 aromatic carbocycles. The minimum Gasteiger partial charge on any atom is -0.313 e. The summed E-state index contributed by atoms with van der Waals surface area (Å²) in [5.41, 5.74) is 0. The number of halogens is 1. The highest BCUT2D eigenvalue weighted by molar-refractivity contribution is 9.10. The van der Waals surface area contributed by atoms with E-state index in [9.17, 15) is 0 Å². The molecule has 1 aromatic rings. The van der Waals surface area contributed by atoms with Crippen molar-refractivity contribution in [2.24, 2.45) is 0 Å². The van der Waals surface area contributed by atoms with Crippen molar-refractivity contribution in [1.82, 2.24) is 5.32 Å². The van der Waals surface area contributed by atoms with Gasteiger partial charge in [0.25, 0.3) is 0 Å². The lowest BCUT2D eigenvalue weighted by molar-refractivity contribution is 0.506. The molecule has 0 fully saturated rings. The molecule has 106 valence electrons. The van der Waals surface area contributed by atoms with Crippen molar-refractivity contribution in [3.8, 4) is 0 Å². The fraction of sp³-hybridized carbons (Fsp3) is 0.500. The van der Waals surface area contributed by atoms with Crippen LogP contribution in [0.15, 0.2) is 46.3 Å². The molecule has 0 aromatic heterocycles. The highest BCUT2D eigenvalue weighted by atomic mass is 79.9. The van der Waals surface area contributed by atoms with Crippen LogP contribution in [-0.2, 0) is 0 Å². The van der Waals surface area contributed by atoms with Crippen molar-refractivity contribution in [2.75, 3.05) is 12.3 Å². The van der Waals surface area contributed by atoms with Crippen LogP contribution in [0.5, 0.6) is 0 Å². The average Bonchev–Trinajstić information content (AvgIpc) is 2.43. The van der Waals surface area contributed by atoms with Crippen LogP contribution in [0, 0.1) is 0 Å². The van der Waals surface area contributed by atoms with Gasteiger partial charge in [0.2, 0.25) is 0 Å². The number of allylic oxidation sites excluding steroid dienone is 1. The summed E-state index contributed by atoms with van der Waals surface area (Å²) in [7, 11) is 0. The average molecular weight is 342 g/mol. The Bertz CT molecular complexity index is 368. The van der Waals surface area contributed by atoms with Gasteiger partial charge in [-0.2, -0.15) is 0 Å². The summed E-state index contributed by atoms with van der Waals surface area (Å²) in [4.78, 5) is 1.33. The van der Waals surface area contributed by atoms with Crippen molar-refractivity contribution in [3.63, 3.8) is 0 Å². The molecule has 0 heterocycles. The SMILES string of the molecule is C=CCCCC(CSc1ccccc1Br)NCCC. The highest BCUT2D eigenvalue weighted by Crippen LogP contribution is 2.28. The zero-order chi connectivity index (χ0) is 13.9. The minimum atomic E-state index is 0.594. The van der Waals surface area contributed by atoms with E-state index in [1.54, 1.807) is 0 Å². The molecule has 0 saturated carbocycles. The second kappa shape index (κ2) is 10.5. The van der Waals surface area contributed by atoms with Crippen molar-refractivity contribution >= 4 is 27.7 Å². The monoisotopic (exact) mass is 341 g/mol. The molecule has 0 amide bonds. The predicted octanol–water partition coefficient (Wildman–Crippen LogP) is 5.27. The largest absolute Gasteiger partial charge is 0.313 e. The molecule has 19 heavy (non-hydrogen) atoms. The highest BCUT2D eigenvalue weighted by Gasteiger charge is 2.09. The molecule has 0 aliphatic rings. The summed E-state index contributed by atoms with van der Waals surface area (Å²) in [5, 5.41) is 3.65. The lowest BCUT2D eigenvalue weighted by Crippen LogP contribution is -2.31. The van der Waals surface area contributed by atoms with Crippen molar-refractivity contribution in [2.45, 2.75) is 43.5 Å². The molecule has 1 unspecified atom stereocenters. The molecule has 0 bridgehead atoms. The van der Waals surface area contributed by atoms with Crippen LogP contribution in [0.4, 0.5) is 0 Å². The molecule has 0 aliphatic carbocycles. The minimum absolute atomic E-state index is 0.594. The maximum absolute atomic E-state index is 3.79. The van der Waals surface area contributed by atoms with Crippen LogP contribution in [0.2, 0.25) is 0 Å². The number of nitrogens with one attached hydrogen (secondary N) is 1. The third-order valence-corrected chi connectivity index (χ3v) is 5.11. The van der Waals surface area contributed by atoms with Gasteiger partial charge in [0.15, 0.2) is 0 Å². The van der Waals surface area contributed by atoms with Crippen molar-refractivity contribution in [3.05, 3.63) is 41.4 Å². The topological polar surface area (TPSA) is 12.0 Å². The van der Waals surface area contributed by atoms with Crippen LogP contribution in [0.3, 0.4) is 0 Å². The Balaban J connectivity index is 2.42. The van der Waals surface area contributed by atoms with Gasteiger partial charge in [0, 0.05) is 21.2 Å². The normalized spacial score (nSPS) is 12.3. The maximum Gasteiger partial charge on any atom is 0.0311 e. The Morgan fingerprint density at radius 3 is 2.89 bits per heavy atom. The van der Waals surface area contributed by atoms with Crippen LogP contribution in [0.25, 0.3) is 0 Å². The van der Waals surface area contributed by atoms with Gasteiger partial charge in [-0.25, -0.2) is 0 Å². The molecule has 0 radical (unpaired) electrons. The summed E-state index contributed by atoms with van der Waals surface area (Å²) in [6.45, 7) is 7.12. The zero-order valence-corrected chi connectivity index (χ0v) is 14.1. The van der Waals surface area contributed by atoms with E-state index in [2.05, 4.69) is 59.0 Å². The number of hydrogen-bond acceptors (Lipinski definition) is 2. The molecule has 0 saturated heterocycles. The molecule has 1 rings (SSSR count). The van der Waals surface area contributed by atoms with Gasteiger partial charge < -0.3 is 5.32 Å². The van der Waals surface area contributed by atoms with E-state index < -0.39 is 0 Å². The van der Waals surface area contributed by atoms with E-state index in [1.165, 1.54) is 28.6 Å². The van der Waals surface area contributed by atoms with Crippen molar-refractivity contribution in [1.29, 1.82) is 0 Å². The quantitative estimate of drug-likeness (QED) is 0.353. The van der Waals surface area contributed by atoms with Crippen LogP contribution in [0.1, 0.15) is 32.6 Å². The molecule has 3 heteroatoms. The lowest BCUT2D eigenvalue weighted by atomic mass is 10.1.